The van der Waals surface area contributed by atoms with E-state index in [-0.39, 0.29) is 5.82 Å². The van der Waals surface area contributed by atoms with Crippen LogP contribution in [0.15, 0.2) is 91.1 Å². The Hall–Kier alpha value is -3.40. The molecule has 0 bridgehead atoms. The Labute approximate surface area is 144 Å². The molecule has 4 rings (SSSR count). The molecule has 0 spiro atoms. The summed E-state index contributed by atoms with van der Waals surface area (Å²) in [5.41, 5.74) is 3.04. The van der Waals surface area contributed by atoms with E-state index in [1.165, 1.54) is 12.1 Å². The van der Waals surface area contributed by atoms with E-state index in [2.05, 4.69) is 5.10 Å². The zero-order valence-corrected chi connectivity index (χ0v) is 13.3. The van der Waals surface area contributed by atoms with Crippen molar-refractivity contribution in [2.24, 2.45) is 0 Å². The zero-order chi connectivity index (χ0) is 17.1. The van der Waals surface area contributed by atoms with Gasteiger partial charge in [-0.15, -0.1) is 0 Å². The smallest absolute Gasteiger partial charge is 0.127 e. The predicted octanol–water partition coefficient (Wildman–Crippen LogP) is 5.47. The fourth-order valence-corrected chi connectivity index (χ4v) is 2.63. The van der Waals surface area contributed by atoms with Gasteiger partial charge in [0.1, 0.15) is 17.3 Å². The van der Waals surface area contributed by atoms with Crippen molar-refractivity contribution in [1.82, 2.24) is 9.78 Å². The topological polar surface area (TPSA) is 27.1 Å². The maximum Gasteiger partial charge on any atom is 0.127 e. The summed E-state index contributed by atoms with van der Waals surface area (Å²) in [4.78, 5) is 0. The highest BCUT2D eigenvalue weighted by molar-refractivity contribution is 5.62. The summed E-state index contributed by atoms with van der Waals surface area (Å²) in [7, 11) is 0. The number of nitrogens with zero attached hydrogens (tertiary/aromatic N) is 2. The van der Waals surface area contributed by atoms with Crippen LogP contribution in [0.2, 0.25) is 0 Å². The third-order valence-corrected chi connectivity index (χ3v) is 3.84. The van der Waals surface area contributed by atoms with Crippen molar-refractivity contribution < 1.29 is 9.13 Å². The minimum absolute atomic E-state index is 0.281. The first-order chi connectivity index (χ1) is 12.3. The zero-order valence-electron chi connectivity index (χ0n) is 13.3. The molecule has 0 aliphatic carbocycles. The molecule has 4 aromatic rings. The summed E-state index contributed by atoms with van der Waals surface area (Å²) < 4.78 is 20.6. The second-order valence-corrected chi connectivity index (χ2v) is 5.54. The van der Waals surface area contributed by atoms with Crippen LogP contribution in [0.3, 0.4) is 0 Å². The molecule has 122 valence electrons. The van der Waals surface area contributed by atoms with E-state index >= 15 is 0 Å². The Morgan fingerprint density at radius 2 is 1.36 bits per heavy atom. The minimum atomic E-state index is -0.281. The average Bonchev–Trinajstić information content (AvgIpc) is 3.15. The molecule has 0 N–H and O–H groups in total. The van der Waals surface area contributed by atoms with E-state index in [1.54, 1.807) is 18.3 Å². The molecule has 0 aliphatic heterocycles. The van der Waals surface area contributed by atoms with Gasteiger partial charge in [0.15, 0.2) is 0 Å². The number of hydrogen-bond donors (Lipinski definition) is 0. The van der Waals surface area contributed by atoms with Crippen LogP contribution in [0.4, 0.5) is 4.39 Å². The molecule has 0 saturated carbocycles. The molecule has 4 heteroatoms. The number of rotatable bonds is 4. The van der Waals surface area contributed by atoms with Crippen LogP contribution in [0, 0.1) is 5.82 Å². The van der Waals surface area contributed by atoms with Gasteiger partial charge in [-0.3, -0.25) is 0 Å². The number of para-hydroxylation sites is 1. The van der Waals surface area contributed by atoms with Gasteiger partial charge < -0.3 is 4.74 Å². The molecule has 0 unspecified atom stereocenters. The van der Waals surface area contributed by atoms with E-state index in [9.17, 15) is 4.39 Å². The van der Waals surface area contributed by atoms with Crippen LogP contribution in [0.1, 0.15) is 0 Å². The molecule has 3 nitrogen and oxygen atoms in total. The van der Waals surface area contributed by atoms with E-state index < -0.39 is 0 Å². The van der Waals surface area contributed by atoms with Crippen molar-refractivity contribution in [3.05, 3.63) is 96.9 Å². The standard InChI is InChI=1S/C21H15FN2O/c22-17-8-12-20(13-9-17)25-19-10-6-16(7-11-19)21-14-15-23-24(21)18-4-2-1-3-5-18/h1-15H. The molecular weight excluding hydrogens is 315 g/mol. The molecule has 0 radical (unpaired) electrons. The van der Waals surface area contributed by atoms with Gasteiger partial charge in [0, 0.05) is 5.56 Å². The molecule has 0 amide bonds. The monoisotopic (exact) mass is 330 g/mol. The van der Waals surface area contributed by atoms with Gasteiger partial charge in [0.2, 0.25) is 0 Å². The lowest BCUT2D eigenvalue weighted by Crippen LogP contribution is -1.98. The summed E-state index contributed by atoms with van der Waals surface area (Å²) in [5, 5.41) is 4.41. The van der Waals surface area contributed by atoms with E-state index in [0.29, 0.717) is 11.5 Å². The molecule has 1 aromatic heterocycles. The highest BCUT2D eigenvalue weighted by Gasteiger charge is 2.07. The Balaban J connectivity index is 1.59. The molecule has 0 saturated heterocycles. The number of aromatic nitrogens is 2. The first kappa shape index (κ1) is 15.1. The Morgan fingerprint density at radius 3 is 2.04 bits per heavy atom. The van der Waals surface area contributed by atoms with Crippen LogP contribution in [0.25, 0.3) is 16.9 Å². The van der Waals surface area contributed by atoms with E-state index in [1.807, 2.05) is 65.3 Å². The van der Waals surface area contributed by atoms with Gasteiger partial charge in [-0.2, -0.15) is 5.10 Å². The number of hydrogen-bond acceptors (Lipinski definition) is 2. The Bertz CT molecular complexity index is 961. The molecule has 3 aromatic carbocycles. The molecule has 0 fully saturated rings. The third-order valence-electron chi connectivity index (χ3n) is 3.84. The lowest BCUT2D eigenvalue weighted by molar-refractivity contribution is 0.480. The van der Waals surface area contributed by atoms with Gasteiger partial charge in [-0.1, -0.05) is 18.2 Å². The molecule has 1 heterocycles. The van der Waals surface area contributed by atoms with Crippen molar-refractivity contribution in [2.45, 2.75) is 0 Å². The summed E-state index contributed by atoms with van der Waals surface area (Å²) >= 11 is 0. The summed E-state index contributed by atoms with van der Waals surface area (Å²) in [6, 6.07) is 25.7. The first-order valence-corrected chi connectivity index (χ1v) is 7.93. The van der Waals surface area contributed by atoms with Crippen LogP contribution in [-0.2, 0) is 0 Å². The van der Waals surface area contributed by atoms with E-state index in [0.717, 1.165) is 16.9 Å². The van der Waals surface area contributed by atoms with Crippen molar-refractivity contribution in [3.8, 4) is 28.4 Å². The second kappa shape index (κ2) is 6.61. The summed E-state index contributed by atoms with van der Waals surface area (Å²) in [5.74, 6) is 1.02. The quantitative estimate of drug-likeness (QED) is 0.496. The molecule has 0 aliphatic rings. The minimum Gasteiger partial charge on any atom is -0.457 e. The van der Waals surface area contributed by atoms with Gasteiger partial charge in [-0.05, 0) is 66.7 Å². The fraction of sp³-hybridized carbons (Fsp3) is 0. The highest BCUT2D eigenvalue weighted by atomic mass is 19.1. The fourth-order valence-electron chi connectivity index (χ4n) is 2.63. The van der Waals surface area contributed by atoms with Gasteiger partial charge >= 0.3 is 0 Å². The lowest BCUT2D eigenvalue weighted by Gasteiger charge is -2.09. The summed E-state index contributed by atoms with van der Waals surface area (Å²) in [6.07, 6.45) is 1.78. The molecule has 0 atom stereocenters. The third kappa shape index (κ3) is 3.28. The molecular formula is C21H15FN2O. The number of ether oxygens (including phenoxy) is 1. The van der Waals surface area contributed by atoms with Crippen molar-refractivity contribution in [2.75, 3.05) is 0 Å². The highest BCUT2D eigenvalue weighted by Crippen LogP contribution is 2.27. The van der Waals surface area contributed by atoms with Crippen molar-refractivity contribution >= 4 is 0 Å². The van der Waals surface area contributed by atoms with Crippen molar-refractivity contribution in [1.29, 1.82) is 0 Å². The van der Waals surface area contributed by atoms with Crippen LogP contribution >= 0.6 is 0 Å². The maximum absolute atomic E-state index is 12.9. The molecule has 25 heavy (non-hydrogen) atoms. The largest absolute Gasteiger partial charge is 0.457 e. The number of benzene rings is 3. The van der Waals surface area contributed by atoms with Gasteiger partial charge in [0.05, 0.1) is 17.6 Å². The van der Waals surface area contributed by atoms with Gasteiger partial charge in [0.25, 0.3) is 0 Å². The van der Waals surface area contributed by atoms with Gasteiger partial charge in [-0.25, -0.2) is 9.07 Å². The average molecular weight is 330 g/mol. The lowest BCUT2D eigenvalue weighted by atomic mass is 10.1. The second-order valence-electron chi connectivity index (χ2n) is 5.54. The van der Waals surface area contributed by atoms with Crippen LogP contribution < -0.4 is 4.74 Å². The normalized spacial score (nSPS) is 10.6. The van der Waals surface area contributed by atoms with E-state index in [4.69, 9.17) is 4.74 Å². The SMILES string of the molecule is Fc1ccc(Oc2ccc(-c3ccnn3-c3ccccc3)cc2)cc1. The van der Waals surface area contributed by atoms with Crippen molar-refractivity contribution in [3.63, 3.8) is 0 Å². The van der Waals surface area contributed by atoms with Crippen LogP contribution in [-0.4, -0.2) is 9.78 Å². The Morgan fingerprint density at radius 1 is 0.720 bits per heavy atom. The predicted molar refractivity (Wildman–Crippen MR) is 95.5 cm³/mol. The first-order valence-electron chi connectivity index (χ1n) is 7.93. The summed E-state index contributed by atoms with van der Waals surface area (Å²) in [6.45, 7) is 0. The Kier molecular flexibility index (Phi) is 4.01. The van der Waals surface area contributed by atoms with Crippen LogP contribution in [0.5, 0.6) is 11.5 Å². The maximum atomic E-state index is 12.9. The number of halogens is 1.